The van der Waals surface area contributed by atoms with E-state index in [0.29, 0.717) is 17.4 Å². The number of hydrogen-bond donors (Lipinski definition) is 2. The summed E-state index contributed by atoms with van der Waals surface area (Å²) < 4.78 is 26.9. The molecule has 1 aliphatic heterocycles. The van der Waals surface area contributed by atoms with E-state index in [9.17, 15) is 8.42 Å². The minimum absolute atomic E-state index is 0. The lowest BCUT2D eigenvalue weighted by atomic mass is 9.96. The molecule has 1 aromatic carbocycles. The SMILES string of the molecule is Cc1cccc(S(=O)(=O)NCCC2CCCNC2)c1.Cl. The zero-order valence-corrected chi connectivity index (χ0v) is 13.4. The Morgan fingerprint density at radius 1 is 1.40 bits per heavy atom. The van der Waals surface area contributed by atoms with Crippen molar-refractivity contribution in [2.24, 2.45) is 5.92 Å². The summed E-state index contributed by atoms with van der Waals surface area (Å²) in [5.74, 6) is 0.592. The van der Waals surface area contributed by atoms with Crippen LogP contribution in [-0.4, -0.2) is 28.1 Å². The maximum absolute atomic E-state index is 12.1. The molecule has 0 aromatic heterocycles. The van der Waals surface area contributed by atoms with E-state index >= 15 is 0 Å². The molecule has 1 saturated heterocycles. The Hall–Kier alpha value is -0.620. The van der Waals surface area contributed by atoms with Gasteiger partial charge in [-0.3, -0.25) is 0 Å². The zero-order valence-electron chi connectivity index (χ0n) is 11.8. The van der Waals surface area contributed by atoms with Gasteiger partial charge in [0.05, 0.1) is 4.90 Å². The number of sulfonamides is 1. The molecule has 0 amide bonds. The predicted molar refractivity (Wildman–Crippen MR) is 83.8 cm³/mol. The van der Waals surface area contributed by atoms with Crippen LogP contribution >= 0.6 is 12.4 Å². The third-order valence-corrected chi connectivity index (χ3v) is 5.00. The molecule has 0 aliphatic carbocycles. The monoisotopic (exact) mass is 318 g/mol. The molecule has 2 rings (SSSR count). The second kappa shape index (κ2) is 7.98. The minimum Gasteiger partial charge on any atom is -0.316 e. The zero-order chi connectivity index (χ0) is 13.7. The van der Waals surface area contributed by atoms with Gasteiger partial charge in [-0.1, -0.05) is 12.1 Å². The number of nitrogens with one attached hydrogen (secondary N) is 2. The highest BCUT2D eigenvalue weighted by atomic mass is 35.5. The van der Waals surface area contributed by atoms with Crippen LogP contribution in [0.1, 0.15) is 24.8 Å². The van der Waals surface area contributed by atoms with Crippen LogP contribution in [0, 0.1) is 12.8 Å². The fraction of sp³-hybridized carbons (Fsp3) is 0.571. The molecule has 1 fully saturated rings. The topological polar surface area (TPSA) is 58.2 Å². The predicted octanol–water partition coefficient (Wildman–Crippen LogP) is 2.08. The fourth-order valence-electron chi connectivity index (χ4n) is 2.43. The normalized spacial score (nSPS) is 19.4. The van der Waals surface area contributed by atoms with Crippen molar-refractivity contribution in [2.45, 2.75) is 31.1 Å². The van der Waals surface area contributed by atoms with Crippen molar-refractivity contribution in [2.75, 3.05) is 19.6 Å². The maximum Gasteiger partial charge on any atom is 0.240 e. The molecule has 0 radical (unpaired) electrons. The standard InChI is InChI=1S/C14H22N2O2S.ClH/c1-12-4-2-6-14(10-12)19(17,18)16-9-7-13-5-3-8-15-11-13;/h2,4,6,10,13,15-16H,3,5,7-9,11H2,1H3;1H. The van der Waals surface area contributed by atoms with Crippen LogP contribution in [0.5, 0.6) is 0 Å². The minimum atomic E-state index is -3.35. The summed E-state index contributed by atoms with van der Waals surface area (Å²) in [5, 5.41) is 3.34. The van der Waals surface area contributed by atoms with Crippen LogP contribution < -0.4 is 10.0 Å². The molecule has 1 unspecified atom stereocenters. The Kier molecular flexibility index (Phi) is 6.95. The summed E-state index contributed by atoms with van der Waals surface area (Å²) >= 11 is 0. The molecule has 1 atom stereocenters. The molecule has 1 aliphatic rings. The first-order chi connectivity index (χ1) is 9.08. The Labute approximate surface area is 127 Å². The second-order valence-corrected chi connectivity index (χ2v) is 6.98. The van der Waals surface area contributed by atoms with Crippen molar-refractivity contribution in [3.63, 3.8) is 0 Å². The Bertz CT molecular complexity index is 514. The molecule has 1 aromatic rings. The quantitative estimate of drug-likeness (QED) is 0.874. The molecule has 0 bridgehead atoms. The van der Waals surface area contributed by atoms with Crippen molar-refractivity contribution in [1.82, 2.24) is 10.0 Å². The van der Waals surface area contributed by atoms with Crippen LogP contribution in [0.2, 0.25) is 0 Å². The molecule has 1 heterocycles. The van der Waals surface area contributed by atoms with Crippen LogP contribution in [0.4, 0.5) is 0 Å². The maximum atomic E-state index is 12.1. The summed E-state index contributed by atoms with van der Waals surface area (Å²) in [7, 11) is -3.35. The highest BCUT2D eigenvalue weighted by Crippen LogP contribution is 2.14. The van der Waals surface area contributed by atoms with E-state index in [1.807, 2.05) is 13.0 Å². The van der Waals surface area contributed by atoms with E-state index < -0.39 is 10.0 Å². The van der Waals surface area contributed by atoms with Crippen molar-refractivity contribution in [3.05, 3.63) is 29.8 Å². The van der Waals surface area contributed by atoms with Gasteiger partial charge in [-0.2, -0.15) is 0 Å². The lowest BCUT2D eigenvalue weighted by Crippen LogP contribution is -2.33. The summed E-state index contributed by atoms with van der Waals surface area (Å²) in [6.07, 6.45) is 3.28. The first-order valence-electron chi connectivity index (χ1n) is 6.85. The number of benzene rings is 1. The smallest absolute Gasteiger partial charge is 0.240 e. The number of aryl methyl sites for hydroxylation is 1. The molecule has 0 spiro atoms. The van der Waals surface area contributed by atoms with E-state index in [1.165, 1.54) is 12.8 Å². The van der Waals surface area contributed by atoms with Gasteiger partial charge in [0.15, 0.2) is 0 Å². The summed E-state index contributed by atoms with van der Waals surface area (Å²) in [6, 6.07) is 7.00. The van der Waals surface area contributed by atoms with E-state index in [-0.39, 0.29) is 12.4 Å². The molecule has 4 nitrogen and oxygen atoms in total. The molecule has 6 heteroatoms. The lowest BCUT2D eigenvalue weighted by molar-refractivity contribution is 0.358. The van der Waals surface area contributed by atoms with Gasteiger partial charge in [0.1, 0.15) is 0 Å². The number of hydrogen-bond acceptors (Lipinski definition) is 3. The summed E-state index contributed by atoms with van der Waals surface area (Å²) in [5.41, 5.74) is 0.958. The average molecular weight is 319 g/mol. The molecule has 20 heavy (non-hydrogen) atoms. The number of halogens is 1. The largest absolute Gasteiger partial charge is 0.316 e. The van der Waals surface area contributed by atoms with Gasteiger partial charge in [-0.15, -0.1) is 12.4 Å². The Balaban J connectivity index is 0.00000200. The third kappa shape index (κ3) is 5.05. The third-order valence-electron chi connectivity index (χ3n) is 3.54. The Morgan fingerprint density at radius 2 is 2.20 bits per heavy atom. The van der Waals surface area contributed by atoms with Crippen molar-refractivity contribution in [1.29, 1.82) is 0 Å². The highest BCUT2D eigenvalue weighted by Gasteiger charge is 2.16. The van der Waals surface area contributed by atoms with Gasteiger partial charge in [-0.05, 0) is 62.9 Å². The summed E-state index contributed by atoms with van der Waals surface area (Å²) in [6.45, 7) is 4.51. The van der Waals surface area contributed by atoms with E-state index in [0.717, 1.165) is 25.1 Å². The van der Waals surface area contributed by atoms with E-state index in [2.05, 4.69) is 10.0 Å². The van der Waals surface area contributed by atoms with Gasteiger partial charge >= 0.3 is 0 Å². The molecule has 114 valence electrons. The average Bonchev–Trinajstić information content (AvgIpc) is 2.40. The van der Waals surface area contributed by atoms with Gasteiger partial charge in [0.25, 0.3) is 0 Å². The fourth-order valence-corrected chi connectivity index (χ4v) is 3.59. The Morgan fingerprint density at radius 3 is 2.85 bits per heavy atom. The lowest BCUT2D eigenvalue weighted by Gasteiger charge is -2.22. The number of rotatable bonds is 5. The molecule has 0 saturated carbocycles. The van der Waals surface area contributed by atoms with Gasteiger partial charge in [0, 0.05) is 6.54 Å². The van der Waals surface area contributed by atoms with E-state index in [1.54, 1.807) is 18.2 Å². The second-order valence-electron chi connectivity index (χ2n) is 5.22. The summed E-state index contributed by atoms with van der Waals surface area (Å²) in [4.78, 5) is 0.356. The van der Waals surface area contributed by atoms with Gasteiger partial charge in [0.2, 0.25) is 10.0 Å². The van der Waals surface area contributed by atoms with Crippen molar-refractivity contribution in [3.8, 4) is 0 Å². The first kappa shape index (κ1) is 17.4. The van der Waals surface area contributed by atoms with Crippen LogP contribution in [0.15, 0.2) is 29.2 Å². The molecular weight excluding hydrogens is 296 g/mol. The van der Waals surface area contributed by atoms with Crippen LogP contribution in [0.3, 0.4) is 0 Å². The first-order valence-corrected chi connectivity index (χ1v) is 8.33. The van der Waals surface area contributed by atoms with Crippen LogP contribution in [0.25, 0.3) is 0 Å². The van der Waals surface area contributed by atoms with E-state index in [4.69, 9.17) is 0 Å². The van der Waals surface area contributed by atoms with Crippen molar-refractivity contribution < 1.29 is 8.42 Å². The van der Waals surface area contributed by atoms with Gasteiger partial charge < -0.3 is 5.32 Å². The molecule has 2 N–H and O–H groups in total. The van der Waals surface area contributed by atoms with Crippen LogP contribution in [-0.2, 0) is 10.0 Å². The number of piperidine rings is 1. The van der Waals surface area contributed by atoms with Crippen molar-refractivity contribution >= 4 is 22.4 Å². The highest BCUT2D eigenvalue weighted by molar-refractivity contribution is 7.89. The van der Waals surface area contributed by atoms with Gasteiger partial charge in [-0.25, -0.2) is 13.1 Å². The molecular formula is C14H23ClN2O2S.